The maximum atomic E-state index is 10.6. The number of carbonyl (C=O) groups is 1. The first kappa shape index (κ1) is 9.49. The monoisotopic (exact) mass is 208 g/mol. The molecule has 0 aliphatic rings. The molecule has 0 aromatic rings. The molecule has 0 spiro atoms. The topological polar surface area (TPSA) is 35.5 Å². The molecule has 0 aromatic carbocycles. The number of ether oxygens (including phenoxy) is 2. The van der Waals surface area contributed by atoms with Crippen LogP contribution in [-0.2, 0) is 14.3 Å². The van der Waals surface area contributed by atoms with Crippen molar-refractivity contribution in [3.8, 4) is 0 Å². The number of carbonyl (C=O) groups excluding carboxylic acids is 1. The van der Waals surface area contributed by atoms with Crippen LogP contribution in [0, 0.1) is 0 Å². The molecule has 0 saturated carbocycles. The molecule has 10 heavy (non-hydrogen) atoms. The summed E-state index contributed by atoms with van der Waals surface area (Å²) >= 11 is 2.97. The van der Waals surface area contributed by atoms with Gasteiger partial charge in [-0.25, -0.2) is 4.79 Å². The summed E-state index contributed by atoms with van der Waals surface area (Å²) in [5.41, 5.74) is 0. The second-order valence-corrected chi connectivity index (χ2v) is 2.27. The Bertz CT molecular complexity index is 142. The normalized spacial score (nSPS) is 10.9. The quantitative estimate of drug-likeness (QED) is 0.400. The van der Waals surface area contributed by atoms with Crippen LogP contribution >= 0.6 is 15.9 Å². The van der Waals surface area contributed by atoms with Gasteiger partial charge in [0.1, 0.15) is 10.7 Å². The van der Waals surface area contributed by atoms with Crippen LogP contribution < -0.4 is 0 Å². The number of rotatable bonds is 3. The fourth-order valence-corrected chi connectivity index (χ4v) is 0.596. The van der Waals surface area contributed by atoms with E-state index in [1.807, 2.05) is 6.92 Å². The van der Waals surface area contributed by atoms with Gasteiger partial charge in [0, 0.05) is 0 Å². The first-order valence-corrected chi connectivity index (χ1v) is 3.57. The zero-order valence-corrected chi connectivity index (χ0v) is 7.47. The van der Waals surface area contributed by atoms with Crippen LogP contribution in [0.4, 0.5) is 0 Å². The second kappa shape index (κ2) is 5.29. The molecule has 4 heteroatoms. The fourth-order valence-electron chi connectivity index (χ4n) is 0.302. The Morgan fingerprint density at radius 2 is 2.30 bits per heavy atom. The Morgan fingerprint density at radius 3 is 2.70 bits per heavy atom. The van der Waals surface area contributed by atoms with E-state index in [9.17, 15) is 4.79 Å². The lowest BCUT2D eigenvalue weighted by Gasteiger charge is -1.96. The zero-order valence-electron chi connectivity index (χ0n) is 5.89. The van der Waals surface area contributed by atoms with Crippen molar-refractivity contribution < 1.29 is 14.3 Å². The average Bonchev–Trinajstić information content (AvgIpc) is 1.98. The highest BCUT2D eigenvalue weighted by atomic mass is 79.9. The van der Waals surface area contributed by atoms with Crippen molar-refractivity contribution in [2.24, 2.45) is 0 Å². The first-order chi connectivity index (χ1) is 4.72. The third-order valence-electron chi connectivity index (χ3n) is 0.734. The molecule has 0 radical (unpaired) electrons. The minimum Gasteiger partial charge on any atom is -0.500 e. The summed E-state index contributed by atoms with van der Waals surface area (Å²) in [6.07, 6.45) is 1.31. The van der Waals surface area contributed by atoms with Gasteiger partial charge < -0.3 is 9.47 Å². The Kier molecular flexibility index (Phi) is 5.02. The van der Waals surface area contributed by atoms with E-state index in [2.05, 4.69) is 20.7 Å². The molecule has 0 rings (SSSR count). The van der Waals surface area contributed by atoms with Gasteiger partial charge in [0.15, 0.2) is 0 Å². The van der Waals surface area contributed by atoms with E-state index in [0.29, 0.717) is 6.61 Å². The largest absolute Gasteiger partial charge is 0.500 e. The van der Waals surface area contributed by atoms with Crippen molar-refractivity contribution in [2.75, 3.05) is 13.7 Å². The molecule has 58 valence electrons. The number of halogens is 1. The summed E-state index contributed by atoms with van der Waals surface area (Å²) in [6, 6.07) is 0. The van der Waals surface area contributed by atoms with Crippen molar-refractivity contribution in [3.63, 3.8) is 0 Å². The van der Waals surface area contributed by atoms with Crippen molar-refractivity contribution in [2.45, 2.75) is 6.92 Å². The molecule has 0 aliphatic carbocycles. The van der Waals surface area contributed by atoms with Gasteiger partial charge in [-0.2, -0.15) is 0 Å². The van der Waals surface area contributed by atoms with E-state index in [1.165, 1.54) is 13.4 Å². The molecule has 0 aliphatic heterocycles. The lowest BCUT2D eigenvalue weighted by Crippen LogP contribution is -1.99. The molecule has 0 aromatic heterocycles. The summed E-state index contributed by atoms with van der Waals surface area (Å²) < 4.78 is 9.47. The van der Waals surface area contributed by atoms with E-state index in [4.69, 9.17) is 4.74 Å². The predicted octanol–water partition coefficient (Wildman–Crippen LogP) is 1.43. The SMILES string of the molecule is CCO/C=C(/Br)C(=O)OC. The smallest absolute Gasteiger partial charge is 0.348 e. The third kappa shape index (κ3) is 3.50. The molecule has 3 nitrogen and oxygen atoms in total. The number of hydrogen-bond donors (Lipinski definition) is 0. The van der Waals surface area contributed by atoms with Crippen molar-refractivity contribution >= 4 is 21.9 Å². The van der Waals surface area contributed by atoms with Crippen LogP contribution in [-0.4, -0.2) is 19.7 Å². The van der Waals surface area contributed by atoms with Crippen molar-refractivity contribution in [3.05, 3.63) is 10.7 Å². The van der Waals surface area contributed by atoms with Gasteiger partial charge in [0.05, 0.1) is 13.7 Å². The standard InChI is InChI=1S/C6H9BrO3/c1-3-10-4-5(7)6(8)9-2/h4H,3H2,1-2H3/b5-4+. The lowest BCUT2D eigenvalue weighted by molar-refractivity contribution is -0.135. The summed E-state index contributed by atoms with van der Waals surface area (Å²) in [6.45, 7) is 2.36. The minimum absolute atomic E-state index is 0.289. The van der Waals surface area contributed by atoms with Gasteiger partial charge in [0.2, 0.25) is 0 Å². The molecule has 0 atom stereocenters. The van der Waals surface area contributed by atoms with Gasteiger partial charge in [-0.3, -0.25) is 0 Å². The van der Waals surface area contributed by atoms with Gasteiger partial charge >= 0.3 is 5.97 Å². The van der Waals surface area contributed by atoms with Gasteiger partial charge in [-0.05, 0) is 22.9 Å². The van der Waals surface area contributed by atoms with E-state index in [-0.39, 0.29) is 4.48 Å². The third-order valence-corrected chi connectivity index (χ3v) is 1.24. The van der Waals surface area contributed by atoms with Crippen LogP contribution in [0.5, 0.6) is 0 Å². The van der Waals surface area contributed by atoms with Crippen molar-refractivity contribution in [1.29, 1.82) is 0 Å². The summed E-state index contributed by atoms with van der Waals surface area (Å²) in [7, 11) is 1.31. The summed E-state index contributed by atoms with van der Waals surface area (Å²) in [4.78, 5) is 10.6. The highest BCUT2D eigenvalue weighted by Gasteiger charge is 2.03. The molecule has 0 fully saturated rings. The Morgan fingerprint density at radius 1 is 1.70 bits per heavy atom. The highest BCUT2D eigenvalue weighted by Crippen LogP contribution is 2.05. The van der Waals surface area contributed by atoms with Gasteiger partial charge in [-0.15, -0.1) is 0 Å². The Balaban J connectivity index is 3.80. The molecule has 0 amide bonds. The van der Waals surface area contributed by atoms with Crippen LogP contribution in [0.1, 0.15) is 6.92 Å². The average molecular weight is 209 g/mol. The van der Waals surface area contributed by atoms with E-state index >= 15 is 0 Å². The van der Waals surface area contributed by atoms with Crippen LogP contribution in [0.3, 0.4) is 0 Å². The number of esters is 1. The van der Waals surface area contributed by atoms with E-state index in [0.717, 1.165) is 0 Å². The number of methoxy groups -OCH3 is 1. The minimum atomic E-state index is -0.437. The van der Waals surface area contributed by atoms with E-state index in [1.54, 1.807) is 0 Å². The van der Waals surface area contributed by atoms with Crippen LogP contribution in [0.15, 0.2) is 10.7 Å². The predicted molar refractivity (Wildman–Crippen MR) is 40.7 cm³/mol. The molecule has 0 N–H and O–H groups in total. The maximum absolute atomic E-state index is 10.6. The molecular weight excluding hydrogens is 200 g/mol. The Hall–Kier alpha value is -0.510. The van der Waals surface area contributed by atoms with Gasteiger partial charge in [-0.1, -0.05) is 0 Å². The van der Waals surface area contributed by atoms with Crippen molar-refractivity contribution in [1.82, 2.24) is 0 Å². The summed E-state index contributed by atoms with van der Waals surface area (Å²) in [5.74, 6) is -0.437. The van der Waals surface area contributed by atoms with Crippen LogP contribution in [0.25, 0.3) is 0 Å². The maximum Gasteiger partial charge on any atom is 0.348 e. The molecule has 0 heterocycles. The molecule has 0 bridgehead atoms. The lowest BCUT2D eigenvalue weighted by atomic mass is 10.6. The van der Waals surface area contributed by atoms with E-state index < -0.39 is 5.97 Å². The fraction of sp³-hybridized carbons (Fsp3) is 0.500. The second-order valence-electron chi connectivity index (χ2n) is 1.41. The summed E-state index contributed by atoms with van der Waals surface area (Å²) in [5, 5.41) is 0. The number of hydrogen-bond acceptors (Lipinski definition) is 3. The molecular formula is C6H9BrO3. The van der Waals surface area contributed by atoms with Crippen LogP contribution in [0.2, 0.25) is 0 Å². The first-order valence-electron chi connectivity index (χ1n) is 2.78. The molecule has 0 unspecified atom stereocenters. The zero-order chi connectivity index (χ0) is 7.98. The van der Waals surface area contributed by atoms with Gasteiger partial charge in [0.25, 0.3) is 0 Å². The molecule has 0 saturated heterocycles. The highest BCUT2D eigenvalue weighted by molar-refractivity contribution is 9.12. The Labute approximate surface area is 68.1 Å².